The van der Waals surface area contributed by atoms with Crippen molar-refractivity contribution in [2.24, 2.45) is 5.73 Å². The predicted molar refractivity (Wildman–Crippen MR) is 85.9 cm³/mol. The number of amidine groups is 1. The van der Waals surface area contributed by atoms with Crippen LogP contribution in [0.25, 0.3) is 0 Å². The molecule has 5 heteroatoms. The highest BCUT2D eigenvalue weighted by atomic mass is 15.2. The van der Waals surface area contributed by atoms with Crippen LogP contribution in [0.2, 0.25) is 0 Å². The van der Waals surface area contributed by atoms with Crippen LogP contribution >= 0.6 is 0 Å². The number of hydrogen-bond donors (Lipinski definition) is 2. The Morgan fingerprint density at radius 3 is 2.52 bits per heavy atom. The van der Waals surface area contributed by atoms with E-state index < -0.39 is 0 Å². The molecule has 0 unspecified atom stereocenters. The molecule has 0 saturated carbocycles. The average molecular weight is 287 g/mol. The van der Waals surface area contributed by atoms with Crippen LogP contribution in [-0.4, -0.2) is 47.9 Å². The third-order valence-corrected chi connectivity index (χ3v) is 4.75. The van der Waals surface area contributed by atoms with Crippen molar-refractivity contribution in [3.63, 3.8) is 0 Å². The van der Waals surface area contributed by atoms with E-state index in [1.165, 1.54) is 45.2 Å². The topological polar surface area (TPSA) is 69.2 Å². The Hall–Kier alpha value is -1.62. The van der Waals surface area contributed by atoms with E-state index in [1.807, 2.05) is 12.1 Å². The molecule has 1 aromatic heterocycles. The normalized spacial score (nSPS) is 21.4. The standard InChI is InChI=1S/C16H25N5/c17-15(18)14-5-4-8-19-16(14)21-11-6-13(7-12-21)20-9-2-1-3-10-20/h4-5,8,13H,1-3,6-7,9-12H2,(H3,17,18). The summed E-state index contributed by atoms with van der Waals surface area (Å²) in [5, 5.41) is 7.70. The lowest BCUT2D eigenvalue weighted by Gasteiger charge is -2.40. The molecule has 0 aliphatic carbocycles. The second-order valence-corrected chi connectivity index (χ2v) is 6.10. The third kappa shape index (κ3) is 3.18. The third-order valence-electron chi connectivity index (χ3n) is 4.75. The molecule has 2 aliphatic heterocycles. The molecule has 0 aromatic carbocycles. The maximum absolute atomic E-state index is 7.70. The Morgan fingerprint density at radius 1 is 1.14 bits per heavy atom. The number of pyridine rings is 1. The zero-order valence-electron chi connectivity index (χ0n) is 12.6. The van der Waals surface area contributed by atoms with Crippen LogP contribution in [0.15, 0.2) is 18.3 Å². The van der Waals surface area contributed by atoms with E-state index in [2.05, 4.69) is 14.8 Å². The first kappa shape index (κ1) is 14.3. The van der Waals surface area contributed by atoms with Gasteiger partial charge in [-0.3, -0.25) is 5.41 Å². The van der Waals surface area contributed by atoms with Gasteiger partial charge in [0.25, 0.3) is 0 Å². The summed E-state index contributed by atoms with van der Waals surface area (Å²) in [6.07, 6.45) is 8.27. The van der Waals surface area contributed by atoms with Crippen LogP contribution in [0.1, 0.15) is 37.7 Å². The minimum Gasteiger partial charge on any atom is -0.384 e. The number of nitrogens with two attached hydrogens (primary N) is 1. The van der Waals surface area contributed by atoms with Gasteiger partial charge in [-0.05, 0) is 50.9 Å². The van der Waals surface area contributed by atoms with Gasteiger partial charge >= 0.3 is 0 Å². The van der Waals surface area contributed by atoms with Crippen molar-refractivity contribution in [3.05, 3.63) is 23.9 Å². The number of aromatic nitrogens is 1. The highest BCUT2D eigenvalue weighted by Gasteiger charge is 2.27. The first-order valence-electron chi connectivity index (χ1n) is 8.04. The molecule has 3 rings (SSSR count). The fraction of sp³-hybridized carbons (Fsp3) is 0.625. The molecular formula is C16H25N5. The molecule has 2 aliphatic rings. The van der Waals surface area contributed by atoms with Crippen molar-refractivity contribution in [1.82, 2.24) is 9.88 Å². The fourth-order valence-electron chi connectivity index (χ4n) is 3.59. The van der Waals surface area contributed by atoms with Crippen molar-refractivity contribution >= 4 is 11.7 Å². The van der Waals surface area contributed by atoms with Gasteiger partial charge in [0.1, 0.15) is 11.7 Å². The van der Waals surface area contributed by atoms with Crippen molar-refractivity contribution in [1.29, 1.82) is 5.41 Å². The highest BCUT2D eigenvalue weighted by molar-refractivity contribution is 5.99. The monoisotopic (exact) mass is 287 g/mol. The van der Waals surface area contributed by atoms with Gasteiger partial charge in [-0.1, -0.05) is 6.42 Å². The van der Waals surface area contributed by atoms with Gasteiger partial charge in [-0.25, -0.2) is 4.98 Å². The van der Waals surface area contributed by atoms with Crippen LogP contribution in [0.5, 0.6) is 0 Å². The van der Waals surface area contributed by atoms with Crippen LogP contribution in [-0.2, 0) is 0 Å². The van der Waals surface area contributed by atoms with Crippen molar-refractivity contribution in [2.75, 3.05) is 31.1 Å². The molecule has 3 heterocycles. The minimum atomic E-state index is 0.108. The van der Waals surface area contributed by atoms with Crippen molar-refractivity contribution in [2.45, 2.75) is 38.1 Å². The molecule has 0 spiro atoms. The Bertz CT molecular complexity index is 487. The van der Waals surface area contributed by atoms with E-state index in [0.29, 0.717) is 0 Å². The largest absolute Gasteiger partial charge is 0.384 e. The first-order valence-corrected chi connectivity index (χ1v) is 8.04. The summed E-state index contributed by atoms with van der Waals surface area (Å²) >= 11 is 0. The summed E-state index contributed by atoms with van der Waals surface area (Å²) < 4.78 is 0. The van der Waals surface area contributed by atoms with Gasteiger partial charge in [0.2, 0.25) is 0 Å². The molecule has 2 fully saturated rings. The van der Waals surface area contributed by atoms with E-state index in [-0.39, 0.29) is 5.84 Å². The highest BCUT2D eigenvalue weighted by Crippen LogP contribution is 2.25. The summed E-state index contributed by atoms with van der Waals surface area (Å²) in [6.45, 7) is 4.57. The van der Waals surface area contributed by atoms with Gasteiger partial charge in [0, 0.05) is 25.3 Å². The summed E-state index contributed by atoms with van der Waals surface area (Å²) in [6, 6.07) is 4.47. The number of nitrogens with zero attached hydrogens (tertiary/aromatic N) is 3. The van der Waals surface area contributed by atoms with Gasteiger partial charge in [-0.15, -0.1) is 0 Å². The Balaban J connectivity index is 1.64. The van der Waals surface area contributed by atoms with Crippen molar-refractivity contribution in [3.8, 4) is 0 Å². The molecule has 3 N–H and O–H groups in total. The smallest absolute Gasteiger partial charge is 0.139 e. The molecule has 0 radical (unpaired) electrons. The summed E-state index contributed by atoms with van der Waals surface area (Å²) in [5.41, 5.74) is 6.43. The predicted octanol–water partition coefficient (Wildman–Crippen LogP) is 1.82. The SMILES string of the molecule is N=C(N)c1cccnc1N1CCC(N2CCCCC2)CC1. The molecule has 21 heavy (non-hydrogen) atoms. The minimum absolute atomic E-state index is 0.108. The van der Waals surface area contributed by atoms with Crippen molar-refractivity contribution < 1.29 is 0 Å². The van der Waals surface area contributed by atoms with Crippen LogP contribution < -0.4 is 10.6 Å². The first-order chi connectivity index (χ1) is 10.3. The van der Waals surface area contributed by atoms with E-state index in [0.717, 1.165) is 30.5 Å². The van der Waals surface area contributed by atoms with Crippen LogP contribution in [0.4, 0.5) is 5.82 Å². The molecule has 0 atom stereocenters. The lowest BCUT2D eigenvalue weighted by molar-refractivity contribution is 0.141. The second kappa shape index (κ2) is 6.43. The number of nitrogen functional groups attached to an aromatic ring is 1. The fourth-order valence-corrected chi connectivity index (χ4v) is 3.59. The van der Waals surface area contributed by atoms with Crippen LogP contribution in [0.3, 0.4) is 0 Å². The van der Waals surface area contributed by atoms with Gasteiger partial charge < -0.3 is 15.5 Å². The number of nitrogens with one attached hydrogen (secondary N) is 1. The van der Waals surface area contributed by atoms with Gasteiger partial charge in [0.05, 0.1) is 5.56 Å². The Labute approximate surface area is 126 Å². The number of anilines is 1. The van der Waals surface area contributed by atoms with Gasteiger partial charge in [-0.2, -0.15) is 0 Å². The maximum atomic E-state index is 7.70. The summed E-state index contributed by atoms with van der Waals surface area (Å²) in [4.78, 5) is 9.41. The number of likely N-dealkylation sites (tertiary alicyclic amines) is 1. The quantitative estimate of drug-likeness (QED) is 0.657. The second-order valence-electron chi connectivity index (χ2n) is 6.10. The molecule has 0 bridgehead atoms. The lowest BCUT2D eigenvalue weighted by atomic mass is 9.99. The average Bonchev–Trinajstić information content (AvgIpc) is 2.56. The number of hydrogen-bond acceptors (Lipinski definition) is 4. The zero-order valence-corrected chi connectivity index (χ0v) is 12.6. The van der Waals surface area contributed by atoms with E-state index >= 15 is 0 Å². The summed E-state index contributed by atoms with van der Waals surface area (Å²) in [7, 11) is 0. The summed E-state index contributed by atoms with van der Waals surface area (Å²) in [5.74, 6) is 0.985. The molecule has 5 nitrogen and oxygen atoms in total. The molecule has 114 valence electrons. The zero-order chi connectivity index (χ0) is 14.7. The van der Waals surface area contributed by atoms with E-state index in [1.54, 1.807) is 6.20 Å². The Kier molecular flexibility index (Phi) is 4.39. The maximum Gasteiger partial charge on any atom is 0.139 e. The number of piperidine rings is 2. The number of rotatable bonds is 3. The van der Waals surface area contributed by atoms with E-state index in [9.17, 15) is 0 Å². The Morgan fingerprint density at radius 2 is 1.86 bits per heavy atom. The molecule has 0 amide bonds. The van der Waals surface area contributed by atoms with Gasteiger partial charge in [0.15, 0.2) is 0 Å². The molecular weight excluding hydrogens is 262 g/mol. The molecule has 2 saturated heterocycles. The lowest BCUT2D eigenvalue weighted by Crippen LogP contribution is -2.47. The van der Waals surface area contributed by atoms with Crippen LogP contribution in [0, 0.1) is 5.41 Å². The van der Waals surface area contributed by atoms with E-state index in [4.69, 9.17) is 11.1 Å². The molecule has 1 aromatic rings.